The fraction of sp³-hybridized carbons (Fsp3) is 0.541. The summed E-state index contributed by atoms with van der Waals surface area (Å²) in [5.74, 6) is -19.7. The first kappa shape index (κ1) is 84.9. The number of rotatable bonds is 15. The number of aliphatic hydroxyl groups excluding tert-OH is 1. The van der Waals surface area contributed by atoms with E-state index in [0.717, 1.165) is 38.3 Å². The van der Waals surface area contributed by atoms with E-state index in [1.54, 1.807) is 0 Å². The molecule has 2 aromatic carbocycles. The Labute approximate surface area is 615 Å². The standard InChI is InChI=1S/C61H85N15O20S6/c1-28-60(95)76(26-64-28)44-25-101-102-27-65-39(21-97)51(86)52(87)48(30(3)77)72-46(81)20-63-53(88)42(24-100)74-73-38(18-32-8-12-34(79)13-9-32)55(90)66-29(2)61(96)75-16-4-5-43(75)58(93)69-37(19-45(62)80)54(89)70-41(23-99)57(92)71-40(22-98)56(91)68-36(17-31-6-10-33(78)11-7-31)50(85)49(84)35(67-59(44)94)14-15-47(82)83/h6-13,28-30,35-44,48,64-65,73-74,77-79,97-100H,4-5,14-27H2,1-3H3,(H2,62,80)(H,63,88)(H,66,90)(H,67,94)(H,68,91)(H,69,93)(H,70,89)(H,71,92)(H,72,81)(H,82,83)/t28?,29?,30-,35+,36+,37+,38+,39+,40+,41+,42+,43+,44?,48+/m1/s1. The molecule has 35 nitrogen and oxygen atoms in total. The molecule has 0 radical (unpaired) electrons. The molecular formula is C61H85N15O20S6. The molecule has 0 bridgehead atoms. The Kier molecular flexibility index (Phi) is 34.6. The molecule has 3 heterocycles. The molecule has 11 amide bonds. The average Bonchev–Trinajstić information content (AvgIpc) is 1.57. The Morgan fingerprint density at radius 1 is 0.549 bits per heavy atom. The van der Waals surface area contributed by atoms with Gasteiger partial charge in [0.15, 0.2) is 0 Å². The summed E-state index contributed by atoms with van der Waals surface area (Å²) >= 11 is 16.9. The maximum absolute atomic E-state index is 14.6. The third kappa shape index (κ3) is 25.3. The number of carboxylic acids is 1. The number of carbonyl (C=O) groups excluding carboxylic acids is 15. The van der Waals surface area contributed by atoms with Crippen LogP contribution >= 0.6 is 72.1 Å². The molecule has 3 unspecified atom stereocenters. The molecule has 3 saturated heterocycles. The number of hydrogen-bond donors (Lipinski definition) is 21. The van der Waals surface area contributed by atoms with E-state index in [-0.39, 0.29) is 72.7 Å². The molecule has 18 N–H and O–H groups in total. The summed E-state index contributed by atoms with van der Waals surface area (Å²) in [7, 11) is 1.93. The minimum atomic E-state index is -1.93. The lowest BCUT2D eigenvalue weighted by Gasteiger charge is -2.30. The number of nitrogens with zero attached hydrogens (tertiary/aromatic N) is 2. The minimum absolute atomic E-state index is 0.0192. The summed E-state index contributed by atoms with van der Waals surface area (Å²) in [5, 5.41) is 65.3. The smallest absolute Gasteiger partial charge is 0.303 e. The van der Waals surface area contributed by atoms with Crippen LogP contribution in [0.5, 0.6) is 11.5 Å². The van der Waals surface area contributed by atoms with Gasteiger partial charge in [0.25, 0.3) is 0 Å². The molecule has 3 fully saturated rings. The number of benzene rings is 2. The fourth-order valence-electron chi connectivity index (χ4n) is 10.5. The molecule has 3 aliphatic rings. The van der Waals surface area contributed by atoms with Gasteiger partial charge < -0.3 is 78.5 Å². The molecular weight excluding hydrogens is 1460 g/mol. The summed E-state index contributed by atoms with van der Waals surface area (Å²) in [4.78, 5) is 223. The number of Topliss-reactive ketones (excluding diaryl/α,β-unsaturated/α-hetero) is 4. The molecule has 3 aliphatic heterocycles. The second kappa shape index (κ2) is 41.5. The van der Waals surface area contributed by atoms with Crippen LogP contribution in [0.3, 0.4) is 0 Å². The van der Waals surface area contributed by atoms with E-state index >= 15 is 0 Å². The van der Waals surface area contributed by atoms with E-state index in [1.807, 2.05) is 0 Å². The first-order chi connectivity index (χ1) is 48.3. The highest BCUT2D eigenvalue weighted by molar-refractivity contribution is 8.76. The third-order valence-corrected chi connectivity index (χ3v) is 19.9. The van der Waals surface area contributed by atoms with Gasteiger partial charge in [-0.05, 0) is 81.8 Å². The van der Waals surface area contributed by atoms with E-state index in [4.69, 9.17) is 5.73 Å². The van der Waals surface area contributed by atoms with Crippen molar-refractivity contribution in [3.8, 4) is 11.5 Å². The number of aliphatic carboxylic acids is 1. The van der Waals surface area contributed by atoms with Gasteiger partial charge in [-0.1, -0.05) is 45.9 Å². The normalized spacial score (nSPS) is 27.6. The first-order valence-corrected chi connectivity index (χ1v) is 36.9. The van der Waals surface area contributed by atoms with E-state index in [9.17, 15) is 97.1 Å². The number of phenolic OH excluding ortho intramolecular Hbond substituents is 2. The molecule has 14 atom stereocenters. The first-order valence-electron chi connectivity index (χ1n) is 31.9. The number of fused-ring (bicyclic) bond motifs is 1. The number of carbonyl (C=O) groups is 16. The largest absolute Gasteiger partial charge is 0.508 e. The number of carboxylic acid groups (broad SMARTS) is 1. The van der Waals surface area contributed by atoms with E-state index < -0.39 is 222 Å². The van der Waals surface area contributed by atoms with Crippen molar-refractivity contribution in [3.05, 3.63) is 59.7 Å². The van der Waals surface area contributed by atoms with E-state index in [1.165, 1.54) is 62.4 Å². The van der Waals surface area contributed by atoms with Gasteiger partial charge >= 0.3 is 5.97 Å². The second-order valence-electron chi connectivity index (χ2n) is 23.9. The van der Waals surface area contributed by atoms with Crippen molar-refractivity contribution in [3.63, 3.8) is 0 Å². The van der Waals surface area contributed by atoms with Crippen LogP contribution < -0.4 is 69.8 Å². The molecule has 0 aliphatic carbocycles. The maximum atomic E-state index is 14.6. The second-order valence-corrected chi connectivity index (χ2v) is 27.8. The Morgan fingerprint density at radius 2 is 1.03 bits per heavy atom. The van der Waals surface area contributed by atoms with Crippen LogP contribution in [0.1, 0.15) is 64.0 Å². The van der Waals surface area contributed by atoms with E-state index in [2.05, 4.69) is 115 Å². The topological polar surface area (TPSA) is 531 Å². The minimum Gasteiger partial charge on any atom is -0.508 e. The zero-order chi connectivity index (χ0) is 75.7. The van der Waals surface area contributed by atoms with Gasteiger partial charge in [-0.25, -0.2) is 10.9 Å². The van der Waals surface area contributed by atoms with Gasteiger partial charge in [-0.3, -0.25) is 87.3 Å². The zero-order valence-electron chi connectivity index (χ0n) is 55.4. The monoisotopic (exact) mass is 1540 g/mol. The highest BCUT2D eigenvalue weighted by atomic mass is 33.1. The highest BCUT2D eigenvalue weighted by Crippen LogP contribution is 2.26. The molecule has 5 rings (SSSR count). The number of hydrogen-bond acceptors (Lipinski definition) is 29. The maximum Gasteiger partial charge on any atom is 0.303 e. The fourth-order valence-corrected chi connectivity index (χ4v) is 13.6. The number of nitrogens with one attached hydrogen (secondary N) is 12. The van der Waals surface area contributed by atoms with Crippen LogP contribution in [0, 0.1) is 0 Å². The van der Waals surface area contributed by atoms with Crippen molar-refractivity contribution in [1.29, 1.82) is 0 Å². The van der Waals surface area contributed by atoms with Crippen LogP contribution in [0.4, 0.5) is 0 Å². The van der Waals surface area contributed by atoms with Crippen LogP contribution in [0.25, 0.3) is 0 Å². The van der Waals surface area contributed by atoms with Gasteiger partial charge in [-0.15, -0.1) is 0 Å². The van der Waals surface area contributed by atoms with Gasteiger partial charge in [-0.2, -0.15) is 50.5 Å². The Bertz CT molecular complexity index is 3400. The third-order valence-electron chi connectivity index (χ3n) is 16.2. The van der Waals surface area contributed by atoms with Crippen LogP contribution in [0.15, 0.2) is 48.5 Å². The van der Waals surface area contributed by atoms with Gasteiger partial charge in [0.1, 0.15) is 65.9 Å². The molecule has 0 spiro atoms. The van der Waals surface area contributed by atoms with Crippen LogP contribution in [0.2, 0.25) is 0 Å². The number of thiol groups is 4. The van der Waals surface area contributed by atoms with Gasteiger partial charge in [0.2, 0.25) is 88.1 Å². The molecule has 102 heavy (non-hydrogen) atoms. The lowest BCUT2D eigenvalue weighted by molar-refractivity contribution is -0.143. The number of primary amides is 1. The number of ketones is 4. The van der Waals surface area contributed by atoms with Crippen LogP contribution in [-0.4, -0.2) is 263 Å². The molecule has 0 saturated carbocycles. The van der Waals surface area contributed by atoms with Gasteiger partial charge in [0.05, 0.1) is 55.8 Å². The van der Waals surface area contributed by atoms with Gasteiger partial charge in [0, 0.05) is 48.2 Å². The summed E-state index contributed by atoms with van der Waals surface area (Å²) in [6.07, 6.45) is -4.41. The average molecular weight is 1540 g/mol. The predicted octanol–water partition coefficient (Wildman–Crippen LogP) is -6.19. The summed E-state index contributed by atoms with van der Waals surface area (Å²) < 4.78 is 0. The number of phenols is 2. The highest BCUT2D eigenvalue weighted by Gasteiger charge is 2.43. The Balaban J connectivity index is 1.49. The number of amides is 11. The number of aromatic hydroxyl groups is 2. The summed E-state index contributed by atoms with van der Waals surface area (Å²) in [6.45, 7) is 2.89. The van der Waals surface area contributed by atoms with Crippen molar-refractivity contribution in [2.75, 3.05) is 54.4 Å². The van der Waals surface area contributed by atoms with Crippen molar-refractivity contribution >= 4 is 166 Å². The molecule has 2 aromatic rings. The summed E-state index contributed by atoms with van der Waals surface area (Å²) in [6, 6.07) is -8.89. The zero-order valence-corrected chi connectivity index (χ0v) is 60.6. The van der Waals surface area contributed by atoms with Crippen LogP contribution in [-0.2, 0) is 89.6 Å². The number of nitrogens with two attached hydrogens (primary N) is 1. The van der Waals surface area contributed by atoms with E-state index in [0.29, 0.717) is 5.56 Å². The number of hydrazine groups is 1. The molecule has 41 heteroatoms. The Morgan fingerprint density at radius 3 is 1.56 bits per heavy atom. The number of aliphatic hydroxyl groups is 1. The Hall–Kier alpha value is -7.74. The quantitative estimate of drug-likeness (QED) is 0.0448. The van der Waals surface area contributed by atoms with Crippen molar-refractivity contribution in [1.82, 2.24) is 73.8 Å². The molecule has 560 valence electrons. The van der Waals surface area contributed by atoms with Crippen molar-refractivity contribution in [2.24, 2.45) is 5.73 Å². The van der Waals surface area contributed by atoms with Crippen molar-refractivity contribution < 1.29 is 97.1 Å². The van der Waals surface area contributed by atoms with Crippen molar-refractivity contribution in [2.45, 2.75) is 150 Å². The molecule has 0 aromatic heterocycles. The summed E-state index contributed by atoms with van der Waals surface area (Å²) in [5.41, 5.74) is 11.7. The lowest BCUT2D eigenvalue weighted by atomic mass is 9.94. The predicted molar refractivity (Wildman–Crippen MR) is 382 cm³/mol. The lowest BCUT2D eigenvalue weighted by Crippen LogP contribution is -2.61. The SMILES string of the molecule is CC1NCN(C2CSSCN[C@@H](CS)C(=O)C(=O)[C@H]([C@@H](C)O)NC(=O)CNC(=O)[C@H](CS)NN[C@@H](Cc3ccc(O)cc3)C(=O)NC(C)C(=O)N3CCC[C@H]3C(=O)N[C@@H](CC(N)=O)C(=O)N[C@@H](CS)C(=O)N[C@@H](CS)C(=O)N[C@@H](Cc3ccc(O)cc3)C(=O)C(=O)[C@H](CCC(=O)O)NC2=O)C1=O.